The maximum Gasteiger partial charge on any atom is 0.327 e. The van der Waals surface area contributed by atoms with Crippen LogP contribution >= 0.6 is 0 Å². The molecule has 1 atom stereocenters. The third-order valence-corrected chi connectivity index (χ3v) is 3.27. The van der Waals surface area contributed by atoms with E-state index in [4.69, 9.17) is 5.11 Å². The van der Waals surface area contributed by atoms with E-state index in [9.17, 15) is 4.79 Å². The molecule has 0 aliphatic rings. The Morgan fingerprint density at radius 2 is 1.76 bits per heavy atom. The second-order valence-corrected chi connectivity index (χ2v) is 4.81. The molecule has 1 N–H and O–H groups in total. The molecule has 2 heteroatoms. The number of aliphatic carboxylic acids is 1. The zero-order valence-corrected chi connectivity index (χ0v) is 11.5. The Balaban J connectivity index is 3.51. The molecule has 0 aromatic carbocycles. The highest BCUT2D eigenvalue weighted by Gasteiger charge is 2.04. The molecule has 0 aliphatic carbocycles. The van der Waals surface area contributed by atoms with Crippen LogP contribution < -0.4 is 0 Å². The molecule has 0 bridgehead atoms. The Kier molecular flexibility index (Phi) is 11.1. The summed E-state index contributed by atoms with van der Waals surface area (Å²) in [4.78, 5) is 10.3. The number of unbranched alkanes of at least 4 members (excludes halogenated alkanes) is 5. The van der Waals surface area contributed by atoms with Gasteiger partial charge in [0.05, 0.1) is 0 Å². The summed E-state index contributed by atoms with van der Waals surface area (Å²) in [5.41, 5.74) is 0. The normalized spacial score (nSPS) is 13.1. The van der Waals surface area contributed by atoms with Crippen LogP contribution in [0, 0.1) is 5.92 Å². The Morgan fingerprint density at radius 1 is 1.12 bits per heavy atom. The average Bonchev–Trinajstić information content (AvgIpc) is 2.30. The lowest BCUT2D eigenvalue weighted by Gasteiger charge is -2.11. The van der Waals surface area contributed by atoms with Crippen molar-refractivity contribution < 1.29 is 9.90 Å². The van der Waals surface area contributed by atoms with Crippen LogP contribution in [-0.2, 0) is 4.79 Å². The van der Waals surface area contributed by atoms with Gasteiger partial charge in [0.1, 0.15) is 0 Å². The van der Waals surface area contributed by atoms with Gasteiger partial charge < -0.3 is 5.11 Å². The average molecular weight is 240 g/mol. The first-order chi connectivity index (χ1) is 8.20. The van der Waals surface area contributed by atoms with Crippen LogP contribution in [-0.4, -0.2) is 11.1 Å². The highest BCUT2D eigenvalue weighted by molar-refractivity contribution is 5.79. The number of hydrogen-bond acceptors (Lipinski definition) is 1. The molecule has 0 heterocycles. The van der Waals surface area contributed by atoms with Crippen molar-refractivity contribution in [3.63, 3.8) is 0 Å². The third-order valence-electron chi connectivity index (χ3n) is 3.27. The second-order valence-electron chi connectivity index (χ2n) is 4.81. The van der Waals surface area contributed by atoms with Gasteiger partial charge in [0, 0.05) is 6.08 Å². The number of allylic oxidation sites excluding steroid dienone is 1. The van der Waals surface area contributed by atoms with Crippen molar-refractivity contribution in [1.29, 1.82) is 0 Å². The fourth-order valence-electron chi connectivity index (χ4n) is 2.06. The second kappa shape index (κ2) is 11.7. The first kappa shape index (κ1) is 16.2. The lowest BCUT2D eigenvalue weighted by Crippen LogP contribution is -1.98. The minimum absolute atomic E-state index is 0.664. The number of carboxylic acid groups (broad SMARTS) is 1. The molecule has 100 valence electrons. The van der Waals surface area contributed by atoms with Crippen LogP contribution in [0.3, 0.4) is 0 Å². The Labute approximate surface area is 106 Å². The van der Waals surface area contributed by atoms with Crippen LogP contribution in [0.5, 0.6) is 0 Å². The number of hydrogen-bond donors (Lipinski definition) is 1. The molecular weight excluding hydrogens is 212 g/mol. The molecule has 0 amide bonds. The molecule has 1 unspecified atom stereocenters. The summed E-state index contributed by atoms with van der Waals surface area (Å²) >= 11 is 0. The topological polar surface area (TPSA) is 37.3 Å². The van der Waals surface area contributed by atoms with Gasteiger partial charge in [-0.3, -0.25) is 0 Å². The standard InChI is InChI=1S/C15H28O2/c1-3-5-6-7-8-9-11-14(4-2)12-10-13-15(16)17/h10,13-14H,3-9,11-12H2,1-2H3,(H,16,17)/b13-10+. The zero-order chi connectivity index (χ0) is 12.9. The van der Waals surface area contributed by atoms with Crippen molar-refractivity contribution in [2.24, 2.45) is 5.92 Å². The summed E-state index contributed by atoms with van der Waals surface area (Å²) in [6.07, 6.45) is 14.4. The van der Waals surface area contributed by atoms with Crippen molar-refractivity contribution in [2.45, 2.75) is 71.6 Å². The third kappa shape index (κ3) is 11.5. The molecule has 0 saturated heterocycles. The van der Waals surface area contributed by atoms with Gasteiger partial charge in [-0.2, -0.15) is 0 Å². The molecule has 0 aromatic rings. The lowest BCUT2D eigenvalue weighted by molar-refractivity contribution is -0.131. The summed E-state index contributed by atoms with van der Waals surface area (Å²) in [5, 5.41) is 8.51. The number of carbonyl (C=O) groups is 1. The fourth-order valence-corrected chi connectivity index (χ4v) is 2.06. The van der Waals surface area contributed by atoms with E-state index in [1.54, 1.807) is 6.08 Å². The van der Waals surface area contributed by atoms with E-state index in [2.05, 4.69) is 13.8 Å². The van der Waals surface area contributed by atoms with Crippen molar-refractivity contribution >= 4 is 5.97 Å². The predicted octanol–water partition coefficient (Wildman–Crippen LogP) is 4.79. The lowest BCUT2D eigenvalue weighted by atomic mass is 9.94. The van der Waals surface area contributed by atoms with Crippen molar-refractivity contribution in [2.75, 3.05) is 0 Å². The molecule has 0 fully saturated rings. The first-order valence-corrected chi connectivity index (χ1v) is 7.10. The molecule has 17 heavy (non-hydrogen) atoms. The van der Waals surface area contributed by atoms with Crippen LogP contribution in [0.2, 0.25) is 0 Å². The van der Waals surface area contributed by atoms with Crippen LogP contribution in [0.1, 0.15) is 71.6 Å². The molecular formula is C15H28O2. The zero-order valence-electron chi connectivity index (χ0n) is 11.5. The molecule has 0 spiro atoms. The van der Waals surface area contributed by atoms with Gasteiger partial charge in [-0.15, -0.1) is 0 Å². The Bertz CT molecular complexity index is 209. The van der Waals surface area contributed by atoms with Crippen LogP contribution in [0.15, 0.2) is 12.2 Å². The van der Waals surface area contributed by atoms with E-state index in [1.165, 1.54) is 51.0 Å². The summed E-state index contributed by atoms with van der Waals surface area (Å²) in [7, 11) is 0. The maximum atomic E-state index is 10.3. The first-order valence-electron chi connectivity index (χ1n) is 7.10. The summed E-state index contributed by atoms with van der Waals surface area (Å²) in [5.74, 6) is -0.170. The fraction of sp³-hybridized carbons (Fsp3) is 0.800. The van der Waals surface area contributed by atoms with E-state index in [0.717, 1.165) is 12.8 Å². The Morgan fingerprint density at radius 3 is 2.35 bits per heavy atom. The Hall–Kier alpha value is -0.790. The van der Waals surface area contributed by atoms with Gasteiger partial charge in [0.25, 0.3) is 0 Å². The van der Waals surface area contributed by atoms with Crippen LogP contribution in [0.25, 0.3) is 0 Å². The molecule has 0 aromatic heterocycles. The quantitative estimate of drug-likeness (QED) is 0.416. The maximum absolute atomic E-state index is 10.3. The molecule has 0 aliphatic heterocycles. The van der Waals surface area contributed by atoms with Gasteiger partial charge in [-0.1, -0.05) is 71.3 Å². The van der Waals surface area contributed by atoms with Gasteiger partial charge in [-0.25, -0.2) is 4.79 Å². The van der Waals surface area contributed by atoms with E-state index in [-0.39, 0.29) is 0 Å². The smallest absolute Gasteiger partial charge is 0.327 e. The summed E-state index contributed by atoms with van der Waals surface area (Å²) in [6, 6.07) is 0. The van der Waals surface area contributed by atoms with E-state index in [1.807, 2.05) is 0 Å². The molecule has 0 radical (unpaired) electrons. The minimum Gasteiger partial charge on any atom is -0.478 e. The highest BCUT2D eigenvalue weighted by atomic mass is 16.4. The predicted molar refractivity (Wildman–Crippen MR) is 73.2 cm³/mol. The van der Waals surface area contributed by atoms with E-state index >= 15 is 0 Å². The van der Waals surface area contributed by atoms with Gasteiger partial charge in [0.2, 0.25) is 0 Å². The minimum atomic E-state index is -0.834. The van der Waals surface area contributed by atoms with E-state index < -0.39 is 5.97 Å². The monoisotopic (exact) mass is 240 g/mol. The SMILES string of the molecule is CCCCCCCCC(CC)C/C=C/C(=O)O. The highest BCUT2D eigenvalue weighted by Crippen LogP contribution is 2.18. The summed E-state index contributed by atoms with van der Waals surface area (Å²) in [6.45, 7) is 4.43. The van der Waals surface area contributed by atoms with Gasteiger partial charge in [0.15, 0.2) is 0 Å². The molecule has 0 rings (SSSR count). The summed E-state index contributed by atoms with van der Waals surface area (Å²) < 4.78 is 0. The van der Waals surface area contributed by atoms with Gasteiger partial charge in [-0.05, 0) is 12.3 Å². The molecule has 2 nitrogen and oxygen atoms in total. The van der Waals surface area contributed by atoms with Gasteiger partial charge >= 0.3 is 5.97 Å². The largest absolute Gasteiger partial charge is 0.478 e. The van der Waals surface area contributed by atoms with E-state index in [0.29, 0.717) is 5.92 Å². The van der Waals surface area contributed by atoms with Crippen molar-refractivity contribution in [3.05, 3.63) is 12.2 Å². The number of rotatable bonds is 11. The van der Waals surface area contributed by atoms with Crippen molar-refractivity contribution in [3.8, 4) is 0 Å². The van der Waals surface area contributed by atoms with Crippen molar-refractivity contribution in [1.82, 2.24) is 0 Å². The molecule has 0 saturated carbocycles. The number of carboxylic acids is 1. The van der Waals surface area contributed by atoms with Crippen LogP contribution in [0.4, 0.5) is 0 Å².